The molecule has 0 saturated carbocycles. The lowest BCUT2D eigenvalue weighted by molar-refractivity contribution is 0.949. The molecule has 0 unspecified atom stereocenters. The van der Waals surface area contributed by atoms with Gasteiger partial charge in [0.05, 0.1) is 11.4 Å². The lowest BCUT2D eigenvalue weighted by Crippen LogP contribution is -2.17. The van der Waals surface area contributed by atoms with E-state index in [1.165, 1.54) is 74.4 Å². The first-order chi connectivity index (χ1) is 15.8. The second-order valence-corrected chi connectivity index (χ2v) is 8.73. The highest BCUT2D eigenvalue weighted by Gasteiger charge is 2.12. The molecule has 2 aliphatic heterocycles. The molecule has 33 heavy (non-hydrogen) atoms. The van der Waals surface area contributed by atoms with Crippen LogP contribution in [0.15, 0.2) is 66.7 Å². The Morgan fingerprint density at radius 3 is 1.30 bits per heavy atom. The zero-order valence-corrected chi connectivity index (χ0v) is 19.9. The molecular weight excluding hydrogens is 426 g/mol. The highest BCUT2D eigenvalue weighted by molar-refractivity contribution is 5.85. The zero-order chi connectivity index (χ0) is 21.6. The number of benzene rings is 2. The predicted molar refractivity (Wildman–Crippen MR) is 145 cm³/mol. The second kappa shape index (κ2) is 11.2. The van der Waals surface area contributed by atoms with Gasteiger partial charge in [0.1, 0.15) is 0 Å². The number of hydrogen-bond acceptors (Lipinski definition) is 3. The van der Waals surface area contributed by atoms with E-state index in [9.17, 15) is 0 Å². The molecule has 5 rings (SSSR count). The van der Waals surface area contributed by atoms with Gasteiger partial charge < -0.3 is 9.80 Å². The molecule has 0 spiro atoms. The van der Waals surface area contributed by atoms with E-state index < -0.39 is 0 Å². The van der Waals surface area contributed by atoms with Crippen molar-refractivity contribution in [2.24, 2.45) is 0 Å². The van der Waals surface area contributed by atoms with Crippen LogP contribution >= 0.6 is 12.4 Å². The van der Waals surface area contributed by atoms with Gasteiger partial charge in [0.15, 0.2) is 0 Å². The largest absolute Gasteiger partial charge is 0.372 e. The normalized spacial score (nSPS) is 16.1. The van der Waals surface area contributed by atoms with Gasteiger partial charge in [-0.3, -0.25) is 0 Å². The third-order valence-corrected chi connectivity index (χ3v) is 6.41. The fourth-order valence-corrected chi connectivity index (χ4v) is 4.56. The van der Waals surface area contributed by atoms with E-state index in [-0.39, 0.29) is 12.4 Å². The van der Waals surface area contributed by atoms with Gasteiger partial charge in [0, 0.05) is 37.6 Å². The van der Waals surface area contributed by atoms with Gasteiger partial charge in [-0.1, -0.05) is 42.5 Å². The van der Waals surface area contributed by atoms with E-state index in [0.717, 1.165) is 11.4 Å². The minimum absolute atomic E-state index is 0. The van der Waals surface area contributed by atoms with Crippen LogP contribution in [0.2, 0.25) is 0 Å². The molecule has 3 aromatic rings. The van der Waals surface area contributed by atoms with Crippen LogP contribution in [0.4, 0.5) is 11.4 Å². The number of aromatic nitrogens is 1. The van der Waals surface area contributed by atoms with Gasteiger partial charge in [0.2, 0.25) is 0 Å². The van der Waals surface area contributed by atoms with Gasteiger partial charge in [-0.15, -0.1) is 12.4 Å². The summed E-state index contributed by atoms with van der Waals surface area (Å²) in [5.41, 5.74) is 7.01. The predicted octanol–water partition coefficient (Wildman–Crippen LogP) is 7.04. The quantitative estimate of drug-likeness (QED) is 0.395. The molecule has 2 saturated heterocycles. The van der Waals surface area contributed by atoms with Crippen LogP contribution in [-0.2, 0) is 0 Å². The lowest BCUT2D eigenvalue weighted by Gasteiger charge is -2.17. The summed E-state index contributed by atoms with van der Waals surface area (Å²) >= 11 is 0. The van der Waals surface area contributed by atoms with E-state index in [1.807, 2.05) is 0 Å². The minimum Gasteiger partial charge on any atom is -0.372 e. The third kappa shape index (κ3) is 6.06. The zero-order valence-electron chi connectivity index (χ0n) is 19.1. The Morgan fingerprint density at radius 2 is 0.909 bits per heavy atom. The molecule has 2 aromatic carbocycles. The average Bonchev–Trinajstić information content (AvgIpc) is 3.57. The molecule has 2 fully saturated rings. The number of halogens is 1. The summed E-state index contributed by atoms with van der Waals surface area (Å²) in [5, 5.41) is 0. The van der Waals surface area contributed by atoms with Gasteiger partial charge in [-0.25, -0.2) is 4.98 Å². The number of hydrogen-bond donors (Lipinski definition) is 0. The molecule has 2 aliphatic rings. The maximum Gasteiger partial charge on any atom is 0.0637 e. The standard InChI is InChI=1S/C29H31N3.ClH/c1-2-21-31(20-1)28-16-10-24(11-17-28)8-14-26-6-5-7-27(30-26)15-9-25-12-18-29(19-13-25)32-22-3-4-23-32;/h5-19H,1-4,20-23H2;1H/b14-8+,15-9+;. The molecular formula is C29H32ClN3. The second-order valence-electron chi connectivity index (χ2n) is 8.73. The topological polar surface area (TPSA) is 19.4 Å². The van der Waals surface area contributed by atoms with Crippen LogP contribution in [0.25, 0.3) is 24.3 Å². The van der Waals surface area contributed by atoms with Gasteiger partial charge >= 0.3 is 0 Å². The summed E-state index contributed by atoms with van der Waals surface area (Å²) in [5.74, 6) is 0. The smallest absolute Gasteiger partial charge is 0.0637 e. The van der Waals surface area contributed by atoms with Crippen LogP contribution in [0.1, 0.15) is 48.2 Å². The number of rotatable bonds is 6. The van der Waals surface area contributed by atoms with Crippen molar-refractivity contribution >= 4 is 48.1 Å². The van der Waals surface area contributed by atoms with Crippen LogP contribution in [0.5, 0.6) is 0 Å². The van der Waals surface area contributed by atoms with Crippen LogP contribution in [0, 0.1) is 0 Å². The first-order valence-electron chi connectivity index (χ1n) is 11.9. The van der Waals surface area contributed by atoms with E-state index in [2.05, 4.69) is 101 Å². The Morgan fingerprint density at radius 1 is 0.515 bits per heavy atom. The van der Waals surface area contributed by atoms with E-state index >= 15 is 0 Å². The van der Waals surface area contributed by atoms with Gasteiger partial charge in [-0.2, -0.15) is 0 Å². The van der Waals surface area contributed by atoms with Crippen molar-refractivity contribution in [2.75, 3.05) is 36.0 Å². The fraction of sp³-hybridized carbons (Fsp3) is 0.276. The Balaban J connectivity index is 0.00000259. The van der Waals surface area contributed by atoms with Crippen molar-refractivity contribution in [3.63, 3.8) is 0 Å². The highest BCUT2D eigenvalue weighted by atomic mass is 35.5. The summed E-state index contributed by atoms with van der Waals surface area (Å²) in [6.45, 7) is 4.73. The summed E-state index contributed by atoms with van der Waals surface area (Å²) in [6.07, 6.45) is 13.7. The van der Waals surface area contributed by atoms with E-state index in [1.54, 1.807) is 0 Å². The highest BCUT2D eigenvalue weighted by Crippen LogP contribution is 2.22. The maximum atomic E-state index is 4.77. The average molecular weight is 458 g/mol. The Labute approximate surface area is 203 Å². The van der Waals surface area contributed by atoms with Gasteiger partial charge in [0.25, 0.3) is 0 Å². The summed E-state index contributed by atoms with van der Waals surface area (Å²) < 4.78 is 0. The summed E-state index contributed by atoms with van der Waals surface area (Å²) in [4.78, 5) is 9.70. The molecule has 4 heteroatoms. The van der Waals surface area contributed by atoms with Crippen molar-refractivity contribution in [3.05, 3.63) is 89.2 Å². The van der Waals surface area contributed by atoms with Crippen molar-refractivity contribution in [1.82, 2.24) is 4.98 Å². The molecule has 0 bridgehead atoms. The third-order valence-electron chi connectivity index (χ3n) is 6.41. The van der Waals surface area contributed by atoms with E-state index in [4.69, 9.17) is 4.98 Å². The molecule has 0 aliphatic carbocycles. The summed E-state index contributed by atoms with van der Waals surface area (Å²) in [6, 6.07) is 23.9. The first-order valence-corrected chi connectivity index (χ1v) is 11.9. The summed E-state index contributed by atoms with van der Waals surface area (Å²) in [7, 11) is 0. The minimum atomic E-state index is 0. The Bertz CT molecular complexity index is 990. The SMILES string of the molecule is C(=C\c1cccc(/C=C/c2ccc(N3CCCC3)cc2)n1)/c1ccc(N2CCCC2)cc1.Cl. The van der Waals surface area contributed by atoms with Crippen LogP contribution in [0.3, 0.4) is 0 Å². The molecule has 3 heterocycles. The Hall–Kier alpha value is -3.04. The first kappa shape index (κ1) is 23.1. The molecule has 170 valence electrons. The van der Waals surface area contributed by atoms with E-state index in [0.29, 0.717) is 0 Å². The molecule has 0 N–H and O–H groups in total. The van der Waals surface area contributed by atoms with Crippen LogP contribution in [-0.4, -0.2) is 31.2 Å². The number of nitrogens with zero attached hydrogens (tertiary/aromatic N) is 3. The molecule has 1 aromatic heterocycles. The monoisotopic (exact) mass is 457 g/mol. The van der Waals surface area contributed by atoms with Crippen molar-refractivity contribution < 1.29 is 0 Å². The lowest BCUT2D eigenvalue weighted by atomic mass is 10.1. The molecule has 0 amide bonds. The van der Waals surface area contributed by atoms with Gasteiger partial charge in [-0.05, 0) is 85.4 Å². The number of pyridine rings is 1. The molecule has 3 nitrogen and oxygen atoms in total. The fourth-order valence-electron chi connectivity index (χ4n) is 4.56. The molecule has 0 radical (unpaired) electrons. The van der Waals surface area contributed by atoms with Crippen molar-refractivity contribution in [2.45, 2.75) is 25.7 Å². The number of anilines is 2. The molecule has 0 atom stereocenters. The maximum absolute atomic E-state index is 4.77. The Kier molecular flexibility index (Phi) is 7.85. The van der Waals surface area contributed by atoms with Crippen LogP contribution < -0.4 is 9.80 Å². The van der Waals surface area contributed by atoms with Crippen molar-refractivity contribution in [3.8, 4) is 0 Å². The van der Waals surface area contributed by atoms with Crippen molar-refractivity contribution in [1.29, 1.82) is 0 Å².